The van der Waals surface area contributed by atoms with Gasteiger partial charge in [-0.2, -0.15) is 5.10 Å². The van der Waals surface area contributed by atoms with Gasteiger partial charge in [0.1, 0.15) is 0 Å². The Kier molecular flexibility index (Phi) is 1.29. The molecule has 2 unspecified atom stereocenters. The first-order chi connectivity index (χ1) is 5.18. The van der Waals surface area contributed by atoms with Gasteiger partial charge in [0.15, 0.2) is 0 Å². The molecule has 11 heavy (non-hydrogen) atoms. The van der Waals surface area contributed by atoms with E-state index in [2.05, 4.69) is 12.0 Å². The monoisotopic (exact) mass is 151 g/mol. The summed E-state index contributed by atoms with van der Waals surface area (Å²) in [6.45, 7) is 2.17. The van der Waals surface area contributed by atoms with Crippen molar-refractivity contribution >= 4 is 0 Å². The molecule has 2 rings (SSSR count). The van der Waals surface area contributed by atoms with Crippen LogP contribution in [-0.4, -0.2) is 9.78 Å². The highest BCUT2D eigenvalue weighted by molar-refractivity contribution is 5.27. The van der Waals surface area contributed by atoms with Gasteiger partial charge in [-0.1, -0.05) is 6.92 Å². The van der Waals surface area contributed by atoms with Crippen molar-refractivity contribution in [3.05, 3.63) is 17.5 Å². The molecule has 60 valence electrons. The Morgan fingerprint density at radius 2 is 2.45 bits per heavy atom. The summed E-state index contributed by atoms with van der Waals surface area (Å²) in [6.07, 6.45) is 3.07. The highest BCUT2D eigenvalue weighted by Gasteiger charge is 2.28. The number of hydrogen-bond acceptors (Lipinski definition) is 2. The maximum Gasteiger partial charge on any atom is 0.0675 e. The first-order valence-electron chi connectivity index (χ1n) is 3.96. The molecule has 1 aromatic heterocycles. The largest absolute Gasteiger partial charge is 0.324 e. The molecular formula is C8H13N3. The number of nitrogens with two attached hydrogens (primary N) is 1. The Morgan fingerprint density at radius 1 is 1.73 bits per heavy atom. The van der Waals surface area contributed by atoms with E-state index in [1.165, 1.54) is 11.3 Å². The zero-order chi connectivity index (χ0) is 8.01. The first-order valence-corrected chi connectivity index (χ1v) is 3.96. The van der Waals surface area contributed by atoms with Gasteiger partial charge >= 0.3 is 0 Å². The molecule has 0 aromatic carbocycles. The Balaban J connectivity index is 2.44. The zero-order valence-corrected chi connectivity index (χ0v) is 6.91. The van der Waals surface area contributed by atoms with Gasteiger partial charge in [-0.3, -0.25) is 4.68 Å². The number of rotatable bonds is 0. The van der Waals surface area contributed by atoms with Gasteiger partial charge in [-0.05, 0) is 12.3 Å². The second-order valence-electron chi connectivity index (χ2n) is 3.41. The molecule has 2 N–H and O–H groups in total. The van der Waals surface area contributed by atoms with Crippen molar-refractivity contribution < 1.29 is 0 Å². The Bertz CT molecular complexity index is 277. The van der Waals surface area contributed by atoms with Crippen molar-refractivity contribution in [1.29, 1.82) is 0 Å². The van der Waals surface area contributed by atoms with E-state index in [-0.39, 0.29) is 6.04 Å². The Labute approximate surface area is 66.2 Å². The highest BCUT2D eigenvalue weighted by atomic mass is 15.3. The van der Waals surface area contributed by atoms with Crippen LogP contribution >= 0.6 is 0 Å². The van der Waals surface area contributed by atoms with Crippen LogP contribution < -0.4 is 5.73 Å². The van der Waals surface area contributed by atoms with Crippen LogP contribution in [0.4, 0.5) is 0 Å². The minimum Gasteiger partial charge on any atom is -0.324 e. The van der Waals surface area contributed by atoms with Crippen LogP contribution in [0.15, 0.2) is 6.20 Å². The molecule has 0 saturated heterocycles. The summed E-state index contributed by atoms with van der Waals surface area (Å²) in [5.41, 5.74) is 8.37. The average molecular weight is 151 g/mol. The minimum atomic E-state index is 0.207. The van der Waals surface area contributed by atoms with E-state index in [4.69, 9.17) is 5.73 Å². The predicted molar refractivity (Wildman–Crippen MR) is 43.0 cm³/mol. The van der Waals surface area contributed by atoms with Crippen molar-refractivity contribution in [2.45, 2.75) is 19.4 Å². The van der Waals surface area contributed by atoms with E-state index in [1.54, 1.807) is 0 Å². The second kappa shape index (κ2) is 2.08. The van der Waals surface area contributed by atoms with Crippen molar-refractivity contribution in [3.63, 3.8) is 0 Å². The number of aryl methyl sites for hydroxylation is 1. The van der Waals surface area contributed by atoms with Crippen LogP contribution in [0.3, 0.4) is 0 Å². The van der Waals surface area contributed by atoms with Crippen molar-refractivity contribution in [3.8, 4) is 0 Å². The van der Waals surface area contributed by atoms with Crippen molar-refractivity contribution in [1.82, 2.24) is 9.78 Å². The maximum atomic E-state index is 5.95. The molecule has 1 heterocycles. The molecule has 1 aromatic rings. The fourth-order valence-electron chi connectivity index (χ4n) is 1.73. The first kappa shape index (κ1) is 6.85. The summed E-state index contributed by atoms with van der Waals surface area (Å²) in [4.78, 5) is 0. The molecule has 0 aliphatic heterocycles. The quantitative estimate of drug-likeness (QED) is 0.590. The lowest BCUT2D eigenvalue weighted by atomic mass is 10.1. The molecular weight excluding hydrogens is 138 g/mol. The van der Waals surface area contributed by atoms with Gasteiger partial charge in [0.25, 0.3) is 0 Å². The summed E-state index contributed by atoms with van der Waals surface area (Å²) in [7, 11) is 1.94. The number of aromatic nitrogens is 2. The Hall–Kier alpha value is -0.830. The zero-order valence-electron chi connectivity index (χ0n) is 6.91. The van der Waals surface area contributed by atoms with Gasteiger partial charge < -0.3 is 5.73 Å². The molecule has 3 nitrogen and oxygen atoms in total. The van der Waals surface area contributed by atoms with Crippen LogP contribution in [0, 0.1) is 5.92 Å². The lowest BCUT2D eigenvalue weighted by Crippen LogP contribution is -2.14. The lowest BCUT2D eigenvalue weighted by Gasteiger charge is -2.08. The molecule has 1 aliphatic rings. The fourth-order valence-corrected chi connectivity index (χ4v) is 1.73. The van der Waals surface area contributed by atoms with Crippen LogP contribution in [0.25, 0.3) is 0 Å². The van der Waals surface area contributed by atoms with E-state index < -0.39 is 0 Å². The van der Waals surface area contributed by atoms with E-state index in [0.29, 0.717) is 5.92 Å². The summed E-state index contributed by atoms with van der Waals surface area (Å²) >= 11 is 0. The van der Waals surface area contributed by atoms with Gasteiger partial charge in [0, 0.05) is 24.8 Å². The SMILES string of the molecule is CC1Cc2nn(C)cc2C1N. The predicted octanol–water partition coefficient (Wildman–Crippen LogP) is 0.612. The fraction of sp³-hybridized carbons (Fsp3) is 0.625. The van der Waals surface area contributed by atoms with E-state index >= 15 is 0 Å². The number of hydrogen-bond donors (Lipinski definition) is 1. The van der Waals surface area contributed by atoms with Crippen LogP contribution in [0.5, 0.6) is 0 Å². The normalized spacial score (nSPS) is 29.0. The van der Waals surface area contributed by atoms with Crippen LogP contribution in [-0.2, 0) is 13.5 Å². The molecule has 0 saturated carbocycles. The number of nitrogens with zero attached hydrogens (tertiary/aromatic N) is 2. The highest BCUT2D eigenvalue weighted by Crippen LogP contribution is 2.32. The maximum absolute atomic E-state index is 5.95. The average Bonchev–Trinajstić information content (AvgIpc) is 2.37. The van der Waals surface area contributed by atoms with E-state index in [0.717, 1.165) is 6.42 Å². The van der Waals surface area contributed by atoms with Gasteiger partial charge in [-0.25, -0.2) is 0 Å². The summed E-state index contributed by atoms with van der Waals surface area (Å²) in [6, 6.07) is 0.207. The lowest BCUT2D eigenvalue weighted by molar-refractivity contribution is 0.502. The third-order valence-electron chi connectivity index (χ3n) is 2.43. The Morgan fingerprint density at radius 3 is 3.09 bits per heavy atom. The number of fused-ring (bicyclic) bond motifs is 1. The molecule has 3 heteroatoms. The van der Waals surface area contributed by atoms with E-state index in [9.17, 15) is 0 Å². The van der Waals surface area contributed by atoms with Gasteiger partial charge in [-0.15, -0.1) is 0 Å². The van der Waals surface area contributed by atoms with Crippen molar-refractivity contribution in [2.24, 2.45) is 18.7 Å². The van der Waals surface area contributed by atoms with Crippen LogP contribution in [0.1, 0.15) is 24.2 Å². The van der Waals surface area contributed by atoms with Gasteiger partial charge in [0.05, 0.1) is 5.69 Å². The molecule has 0 bridgehead atoms. The molecule has 0 spiro atoms. The third kappa shape index (κ3) is 0.878. The molecule has 0 radical (unpaired) electrons. The molecule has 0 fully saturated rings. The molecule has 1 aliphatic carbocycles. The second-order valence-corrected chi connectivity index (χ2v) is 3.41. The minimum absolute atomic E-state index is 0.207. The van der Waals surface area contributed by atoms with E-state index in [1.807, 2.05) is 17.9 Å². The third-order valence-corrected chi connectivity index (χ3v) is 2.43. The van der Waals surface area contributed by atoms with Gasteiger partial charge in [0.2, 0.25) is 0 Å². The summed E-state index contributed by atoms with van der Waals surface area (Å²) in [5.74, 6) is 0.564. The molecule has 2 atom stereocenters. The van der Waals surface area contributed by atoms with Crippen molar-refractivity contribution in [2.75, 3.05) is 0 Å². The molecule has 0 amide bonds. The summed E-state index contributed by atoms with van der Waals surface area (Å²) < 4.78 is 1.84. The van der Waals surface area contributed by atoms with Crippen LogP contribution in [0.2, 0.25) is 0 Å². The standard InChI is InChI=1S/C8H13N3/c1-5-3-7-6(8(5)9)4-11(2)10-7/h4-5,8H,3,9H2,1-2H3. The topological polar surface area (TPSA) is 43.8 Å². The smallest absolute Gasteiger partial charge is 0.0675 e. The summed E-state index contributed by atoms with van der Waals surface area (Å²) in [5, 5.41) is 4.33.